The number of hydrogen-bond acceptors (Lipinski definition) is 4. The van der Waals surface area contributed by atoms with Crippen LogP contribution in [0.2, 0.25) is 5.02 Å². The van der Waals surface area contributed by atoms with E-state index in [4.69, 9.17) is 25.8 Å². The number of anilines is 1. The summed E-state index contributed by atoms with van der Waals surface area (Å²) in [7, 11) is 0. The summed E-state index contributed by atoms with van der Waals surface area (Å²) in [6.07, 6.45) is -0.0736. The molecule has 4 nitrogen and oxygen atoms in total. The van der Waals surface area contributed by atoms with Crippen LogP contribution in [0.3, 0.4) is 0 Å². The number of hydrogen-bond donors (Lipinski definition) is 1. The zero-order valence-corrected chi connectivity index (χ0v) is 11.3. The van der Waals surface area contributed by atoms with Crippen LogP contribution in [-0.2, 0) is 0 Å². The largest absolute Gasteiger partial charge is 0.482 e. The van der Waals surface area contributed by atoms with Gasteiger partial charge in [0.1, 0.15) is 11.9 Å². The first-order valence-electron chi connectivity index (χ1n) is 6.39. The zero-order valence-electron chi connectivity index (χ0n) is 10.6. The van der Waals surface area contributed by atoms with Crippen LogP contribution in [0.4, 0.5) is 5.69 Å². The SMILES string of the molecule is Clc1ccc2c(c1)OC(c1ccc3c(c1)OCO3)CN2. The van der Waals surface area contributed by atoms with Crippen LogP contribution < -0.4 is 19.5 Å². The fourth-order valence-corrected chi connectivity index (χ4v) is 2.60. The van der Waals surface area contributed by atoms with E-state index in [2.05, 4.69) is 5.32 Å². The normalized spacial score (nSPS) is 18.9. The van der Waals surface area contributed by atoms with E-state index in [9.17, 15) is 0 Å². The van der Waals surface area contributed by atoms with E-state index in [1.165, 1.54) is 0 Å². The Labute approximate surface area is 121 Å². The molecule has 0 amide bonds. The van der Waals surface area contributed by atoms with Gasteiger partial charge in [0.2, 0.25) is 6.79 Å². The van der Waals surface area contributed by atoms with Gasteiger partial charge in [0, 0.05) is 11.1 Å². The van der Waals surface area contributed by atoms with Crippen molar-refractivity contribution in [3.05, 3.63) is 47.0 Å². The summed E-state index contributed by atoms with van der Waals surface area (Å²) in [4.78, 5) is 0. The first kappa shape index (κ1) is 11.7. The van der Waals surface area contributed by atoms with Gasteiger partial charge in [-0.05, 0) is 29.8 Å². The van der Waals surface area contributed by atoms with Crippen molar-refractivity contribution in [1.82, 2.24) is 0 Å². The molecule has 0 aromatic heterocycles. The smallest absolute Gasteiger partial charge is 0.231 e. The molecule has 0 radical (unpaired) electrons. The third-order valence-corrected chi connectivity index (χ3v) is 3.69. The maximum atomic E-state index is 6.02. The second-order valence-electron chi connectivity index (χ2n) is 4.74. The van der Waals surface area contributed by atoms with Gasteiger partial charge in [-0.1, -0.05) is 17.7 Å². The summed E-state index contributed by atoms with van der Waals surface area (Å²) in [6.45, 7) is 0.981. The lowest BCUT2D eigenvalue weighted by molar-refractivity contribution is 0.173. The molecule has 5 heteroatoms. The van der Waals surface area contributed by atoms with Crippen LogP contribution in [0.1, 0.15) is 11.7 Å². The minimum atomic E-state index is -0.0736. The highest BCUT2D eigenvalue weighted by atomic mass is 35.5. The molecule has 0 saturated heterocycles. The van der Waals surface area contributed by atoms with Crippen LogP contribution in [-0.4, -0.2) is 13.3 Å². The Kier molecular flexibility index (Phi) is 2.63. The molecule has 0 spiro atoms. The first-order valence-corrected chi connectivity index (χ1v) is 6.77. The monoisotopic (exact) mass is 289 g/mol. The Balaban J connectivity index is 1.64. The van der Waals surface area contributed by atoms with E-state index in [0.29, 0.717) is 11.6 Å². The van der Waals surface area contributed by atoms with Gasteiger partial charge < -0.3 is 19.5 Å². The van der Waals surface area contributed by atoms with Crippen LogP contribution in [0.25, 0.3) is 0 Å². The van der Waals surface area contributed by atoms with Gasteiger partial charge in [0.05, 0.1) is 12.2 Å². The Morgan fingerprint density at radius 2 is 1.90 bits per heavy atom. The quantitative estimate of drug-likeness (QED) is 0.870. The molecule has 2 aliphatic heterocycles. The maximum absolute atomic E-state index is 6.02. The first-order chi connectivity index (χ1) is 9.79. The molecule has 2 aliphatic rings. The van der Waals surface area contributed by atoms with Gasteiger partial charge in [-0.3, -0.25) is 0 Å². The molecule has 0 aliphatic carbocycles. The van der Waals surface area contributed by atoms with Crippen molar-refractivity contribution in [2.45, 2.75) is 6.10 Å². The van der Waals surface area contributed by atoms with E-state index in [1.807, 2.05) is 36.4 Å². The summed E-state index contributed by atoms with van der Waals surface area (Å²) < 4.78 is 16.7. The number of nitrogens with one attached hydrogen (secondary N) is 1. The second-order valence-corrected chi connectivity index (χ2v) is 5.18. The molecule has 0 saturated carbocycles. The number of halogens is 1. The fourth-order valence-electron chi connectivity index (χ4n) is 2.44. The van der Waals surface area contributed by atoms with Gasteiger partial charge in [-0.2, -0.15) is 0 Å². The molecular formula is C15H12ClNO3. The van der Waals surface area contributed by atoms with Gasteiger partial charge in [-0.15, -0.1) is 0 Å². The molecule has 4 rings (SSSR count). The highest BCUT2D eigenvalue weighted by molar-refractivity contribution is 6.30. The van der Waals surface area contributed by atoms with E-state index in [0.717, 1.165) is 28.5 Å². The molecule has 20 heavy (non-hydrogen) atoms. The molecule has 2 aromatic rings. The molecule has 1 N–H and O–H groups in total. The van der Waals surface area contributed by atoms with Crippen LogP contribution in [0.5, 0.6) is 17.2 Å². The van der Waals surface area contributed by atoms with Gasteiger partial charge in [0.25, 0.3) is 0 Å². The lowest BCUT2D eigenvalue weighted by atomic mass is 10.1. The highest BCUT2D eigenvalue weighted by Gasteiger charge is 2.23. The predicted octanol–water partition coefficient (Wildman–Crippen LogP) is 3.61. The second kappa shape index (κ2) is 4.49. The Bertz CT molecular complexity index is 674. The highest BCUT2D eigenvalue weighted by Crippen LogP contribution is 2.39. The van der Waals surface area contributed by atoms with Crippen molar-refractivity contribution in [3.63, 3.8) is 0 Å². The van der Waals surface area contributed by atoms with Crippen molar-refractivity contribution in [2.24, 2.45) is 0 Å². The summed E-state index contributed by atoms with van der Waals surface area (Å²) in [6, 6.07) is 11.5. The molecule has 2 heterocycles. The Morgan fingerprint density at radius 1 is 1.00 bits per heavy atom. The number of fused-ring (bicyclic) bond motifs is 2. The number of benzene rings is 2. The summed E-state index contributed by atoms with van der Waals surface area (Å²) >= 11 is 6.00. The van der Waals surface area contributed by atoms with Crippen LogP contribution >= 0.6 is 11.6 Å². The van der Waals surface area contributed by atoms with Gasteiger partial charge >= 0.3 is 0 Å². The van der Waals surface area contributed by atoms with Crippen molar-refractivity contribution in [3.8, 4) is 17.2 Å². The van der Waals surface area contributed by atoms with Crippen molar-refractivity contribution >= 4 is 17.3 Å². The lowest BCUT2D eigenvalue weighted by Gasteiger charge is -2.27. The molecule has 2 aromatic carbocycles. The van der Waals surface area contributed by atoms with E-state index < -0.39 is 0 Å². The molecule has 0 bridgehead atoms. The Morgan fingerprint density at radius 3 is 2.85 bits per heavy atom. The average Bonchev–Trinajstić information content (AvgIpc) is 2.93. The summed E-state index contributed by atoms with van der Waals surface area (Å²) in [5, 5.41) is 4.01. The Hall–Kier alpha value is -2.07. The topological polar surface area (TPSA) is 39.7 Å². The minimum Gasteiger partial charge on any atom is -0.482 e. The molecule has 0 fully saturated rings. The fraction of sp³-hybridized carbons (Fsp3) is 0.200. The number of ether oxygens (including phenoxy) is 3. The third-order valence-electron chi connectivity index (χ3n) is 3.46. The van der Waals surface area contributed by atoms with E-state index >= 15 is 0 Å². The molecule has 102 valence electrons. The zero-order chi connectivity index (χ0) is 13.5. The molecule has 1 unspecified atom stereocenters. The van der Waals surface area contributed by atoms with Gasteiger partial charge in [-0.25, -0.2) is 0 Å². The predicted molar refractivity (Wildman–Crippen MR) is 75.9 cm³/mol. The van der Waals surface area contributed by atoms with E-state index in [1.54, 1.807) is 0 Å². The lowest BCUT2D eigenvalue weighted by Crippen LogP contribution is -2.23. The average molecular weight is 290 g/mol. The number of rotatable bonds is 1. The van der Waals surface area contributed by atoms with Crippen molar-refractivity contribution in [1.29, 1.82) is 0 Å². The van der Waals surface area contributed by atoms with E-state index in [-0.39, 0.29) is 12.9 Å². The van der Waals surface area contributed by atoms with Gasteiger partial charge in [0.15, 0.2) is 11.5 Å². The summed E-state index contributed by atoms with van der Waals surface area (Å²) in [5.41, 5.74) is 2.01. The van der Waals surface area contributed by atoms with Crippen molar-refractivity contribution < 1.29 is 14.2 Å². The minimum absolute atomic E-state index is 0.0736. The molecule has 1 atom stereocenters. The maximum Gasteiger partial charge on any atom is 0.231 e. The summed E-state index contributed by atoms with van der Waals surface area (Å²) in [5.74, 6) is 2.32. The molecular weight excluding hydrogens is 278 g/mol. The van der Waals surface area contributed by atoms with Crippen LogP contribution in [0.15, 0.2) is 36.4 Å². The third kappa shape index (κ3) is 1.93. The van der Waals surface area contributed by atoms with Crippen LogP contribution in [0, 0.1) is 0 Å². The standard InChI is InChI=1S/C15H12ClNO3/c16-10-2-3-11-13(6-10)20-15(7-17-11)9-1-4-12-14(5-9)19-8-18-12/h1-6,15,17H,7-8H2. The van der Waals surface area contributed by atoms with Crippen molar-refractivity contribution in [2.75, 3.05) is 18.7 Å².